The molecule has 86 valence electrons. The number of nitrogens with zero attached hydrogens (tertiary/aromatic N) is 3. The van der Waals surface area contributed by atoms with Crippen molar-refractivity contribution in [3.8, 4) is 5.75 Å². The molecule has 0 saturated carbocycles. The number of hydrogen-bond acceptors (Lipinski definition) is 5. The molecule has 0 radical (unpaired) electrons. The highest BCUT2D eigenvalue weighted by atomic mass is 32.1. The first-order valence-corrected chi connectivity index (χ1v) is 5.72. The van der Waals surface area contributed by atoms with E-state index in [0.29, 0.717) is 6.42 Å². The maximum Gasteiger partial charge on any atom is 0.129 e. The van der Waals surface area contributed by atoms with Crippen LogP contribution in [0.3, 0.4) is 0 Å². The van der Waals surface area contributed by atoms with Crippen LogP contribution in [-0.4, -0.2) is 27.2 Å². The Morgan fingerprint density at radius 2 is 2.44 bits per heavy atom. The van der Waals surface area contributed by atoms with Crippen molar-refractivity contribution in [1.82, 2.24) is 15.0 Å². The largest absolute Gasteiger partial charge is 0.496 e. The van der Waals surface area contributed by atoms with Gasteiger partial charge in [-0.1, -0.05) is 5.21 Å². The number of rotatable bonds is 4. The van der Waals surface area contributed by atoms with E-state index >= 15 is 0 Å². The van der Waals surface area contributed by atoms with E-state index < -0.39 is 6.10 Å². The average molecular weight is 239 g/mol. The Morgan fingerprint density at radius 3 is 3.00 bits per heavy atom. The lowest BCUT2D eigenvalue weighted by atomic mass is 10.2. The van der Waals surface area contributed by atoms with Gasteiger partial charge in [0.1, 0.15) is 5.75 Å². The summed E-state index contributed by atoms with van der Waals surface area (Å²) in [6.07, 6.45) is 1.72. The highest BCUT2D eigenvalue weighted by Gasteiger charge is 2.13. The normalized spacial score (nSPS) is 12.7. The van der Waals surface area contributed by atoms with Gasteiger partial charge in [0, 0.05) is 29.9 Å². The molecule has 6 heteroatoms. The minimum Gasteiger partial charge on any atom is -0.496 e. The van der Waals surface area contributed by atoms with Crippen LogP contribution in [-0.2, 0) is 13.5 Å². The molecule has 0 aromatic carbocycles. The number of hydrogen-bond donors (Lipinski definition) is 1. The van der Waals surface area contributed by atoms with Crippen LogP contribution in [0.1, 0.15) is 16.7 Å². The molecule has 5 nitrogen and oxygen atoms in total. The monoisotopic (exact) mass is 239 g/mol. The molecule has 0 bridgehead atoms. The van der Waals surface area contributed by atoms with Gasteiger partial charge in [0.25, 0.3) is 0 Å². The van der Waals surface area contributed by atoms with Crippen molar-refractivity contribution < 1.29 is 9.84 Å². The Morgan fingerprint density at radius 1 is 1.62 bits per heavy atom. The summed E-state index contributed by atoms with van der Waals surface area (Å²) in [5, 5.41) is 19.6. The first kappa shape index (κ1) is 11.1. The van der Waals surface area contributed by atoms with Gasteiger partial charge >= 0.3 is 0 Å². The lowest BCUT2D eigenvalue weighted by Crippen LogP contribution is -1.99. The standard InChI is InChI=1S/C10H13N3O2S/c1-13-5-7(11-12-13)3-9(14)10-4-8(15-2)6-16-10/h4-6,9,14H,3H2,1-2H3. The molecule has 0 aliphatic rings. The molecule has 0 fully saturated rings. The second kappa shape index (κ2) is 4.63. The fourth-order valence-electron chi connectivity index (χ4n) is 1.40. The summed E-state index contributed by atoms with van der Waals surface area (Å²) in [7, 11) is 3.41. The maximum atomic E-state index is 9.97. The Kier molecular flexibility index (Phi) is 3.21. The SMILES string of the molecule is COc1csc(C(O)Cc2cn(C)nn2)c1. The summed E-state index contributed by atoms with van der Waals surface area (Å²) in [6, 6.07) is 1.84. The summed E-state index contributed by atoms with van der Waals surface area (Å²) < 4.78 is 6.69. The summed E-state index contributed by atoms with van der Waals surface area (Å²) in [6.45, 7) is 0. The van der Waals surface area contributed by atoms with E-state index in [1.54, 1.807) is 25.0 Å². The molecule has 16 heavy (non-hydrogen) atoms. The Labute approximate surface area is 97.3 Å². The van der Waals surface area contributed by atoms with Crippen molar-refractivity contribution in [1.29, 1.82) is 0 Å². The van der Waals surface area contributed by atoms with Crippen molar-refractivity contribution in [2.24, 2.45) is 7.05 Å². The molecule has 0 amide bonds. The van der Waals surface area contributed by atoms with Gasteiger partial charge in [-0.05, 0) is 6.07 Å². The molecule has 2 aromatic heterocycles. The molecule has 2 aromatic rings. The maximum absolute atomic E-state index is 9.97. The zero-order valence-electron chi connectivity index (χ0n) is 9.12. The van der Waals surface area contributed by atoms with Crippen LogP contribution < -0.4 is 4.74 Å². The Hall–Kier alpha value is -1.40. The van der Waals surface area contributed by atoms with Gasteiger partial charge in [0.15, 0.2) is 0 Å². The van der Waals surface area contributed by atoms with Gasteiger partial charge in [-0.3, -0.25) is 4.68 Å². The Balaban J connectivity index is 2.05. The molecule has 1 N–H and O–H groups in total. The Bertz CT molecular complexity index is 466. The smallest absolute Gasteiger partial charge is 0.129 e. The first-order valence-electron chi connectivity index (χ1n) is 4.84. The van der Waals surface area contributed by atoms with Crippen molar-refractivity contribution in [2.45, 2.75) is 12.5 Å². The van der Waals surface area contributed by atoms with E-state index in [2.05, 4.69) is 10.3 Å². The topological polar surface area (TPSA) is 60.2 Å². The molecule has 1 unspecified atom stereocenters. The third-order valence-electron chi connectivity index (χ3n) is 2.21. The lowest BCUT2D eigenvalue weighted by Gasteiger charge is -2.04. The summed E-state index contributed by atoms with van der Waals surface area (Å²) in [5.74, 6) is 0.776. The van der Waals surface area contributed by atoms with Gasteiger partial charge < -0.3 is 9.84 Å². The van der Waals surface area contributed by atoms with Gasteiger partial charge in [0.05, 0.1) is 18.9 Å². The molecule has 2 rings (SSSR count). The first-order chi connectivity index (χ1) is 7.69. The fraction of sp³-hybridized carbons (Fsp3) is 0.400. The van der Waals surface area contributed by atoms with Crippen LogP contribution in [0.25, 0.3) is 0 Å². The third-order valence-corrected chi connectivity index (χ3v) is 3.22. The van der Waals surface area contributed by atoms with Gasteiger partial charge in [-0.2, -0.15) is 0 Å². The quantitative estimate of drug-likeness (QED) is 0.869. The molecule has 0 aliphatic carbocycles. The van der Waals surface area contributed by atoms with E-state index in [9.17, 15) is 5.11 Å². The zero-order valence-corrected chi connectivity index (χ0v) is 9.94. The number of aliphatic hydroxyl groups is 1. The summed E-state index contributed by atoms with van der Waals surface area (Å²) in [4.78, 5) is 0.877. The summed E-state index contributed by atoms with van der Waals surface area (Å²) >= 11 is 1.48. The second-order valence-electron chi connectivity index (χ2n) is 3.49. The number of ether oxygens (including phenoxy) is 1. The minimum absolute atomic E-state index is 0.470. The van der Waals surface area contributed by atoms with E-state index in [1.165, 1.54) is 11.3 Å². The predicted molar refractivity (Wildman–Crippen MR) is 60.5 cm³/mol. The van der Waals surface area contributed by atoms with Crippen LogP contribution in [0.5, 0.6) is 5.75 Å². The number of aliphatic hydroxyl groups excluding tert-OH is 1. The molecule has 0 spiro atoms. The van der Waals surface area contributed by atoms with Crippen molar-refractivity contribution in [3.63, 3.8) is 0 Å². The number of thiophene rings is 1. The van der Waals surface area contributed by atoms with E-state index in [1.807, 2.05) is 11.4 Å². The molecule has 0 aliphatic heterocycles. The zero-order chi connectivity index (χ0) is 11.5. The van der Waals surface area contributed by atoms with Crippen molar-refractivity contribution >= 4 is 11.3 Å². The van der Waals surface area contributed by atoms with Crippen LogP contribution in [0.2, 0.25) is 0 Å². The molecular weight excluding hydrogens is 226 g/mol. The van der Waals surface area contributed by atoms with E-state index in [0.717, 1.165) is 16.3 Å². The number of methoxy groups -OCH3 is 1. The van der Waals surface area contributed by atoms with Crippen LogP contribution in [0.15, 0.2) is 17.6 Å². The van der Waals surface area contributed by atoms with Gasteiger partial charge in [-0.25, -0.2) is 0 Å². The molecular formula is C10H13N3O2S. The van der Waals surface area contributed by atoms with Crippen LogP contribution >= 0.6 is 11.3 Å². The van der Waals surface area contributed by atoms with Gasteiger partial charge in [-0.15, -0.1) is 16.4 Å². The van der Waals surface area contributed by atoms with E-state index in [-0.39, 0.29) is 0 Å². The highest BCUT2D eigenvalue weighted by Crippen LogP contribution is 2.28. The molecule has 0 saturated heterocycles. The second-order valence-corrected chi connectivity index (χ2v) is 4.44. The predicted octanol–water partition coefficient (Wildman–Crippen LogP) is 1.16. The number of aromatic nitrogens is 3. The fourth-order valence-corrected chi connectivity index (χ4v) is 2.24. The number of aryl methyl sites for hydroxylation is 1. The van der Waals surface area contributed by atoms with Gasteiger partial charge in [0.2, 0.25) is 0 Å². The van der Waals surface area contributed by atoms with E-state index in [4.69, 9.17) is 4.74 Å². The average Bonchev–Trinajstić information content (AvgIpc) is 2.87. The van der Waals surface area contributed by atoms with Crippen molar-refractivity contribution in [2.75, 3.05) is 7.11 Å². The van der Waals surface area contributed by atoms with Crippen LogP contribution in [0.4, 0.5) is 0 Å². The molecule has 1 atom stereocenters. The third kappa shape index (κ3) is 2.40. The minimum atomic E-state index is -0.550. The molecule has 2 heterocycles. The lowest BCUT2D eigenvalue weighted by molar-refractivity contribution is 0.180. The van der Waals surface area contributed by atoms with Crippen molar-refractivity contribution in [3.05, 3.63) is 28.2 Å². The van der Waals surface area contributed by atoms with Crippen LogP contribution in [0, 0.1) is 0 Å². The highest BCUT2D eigenvalue weighted by molar-refractivity contribution is 7.10. The summed E-state index contributed by atoms with van der Waals surface area (Å²) in [5.41, 5.74) is 0.780.